The van der Waals surface area contributed by atoms with Crippen molar-refractivity contribution in [1.29, 1.82) is 0 Å². The zero-order valence-corrected chi connectivity index (χ0v) is 11.0. The van der Waals surface area contributed by atoms with Gasteiger partial charge in [-0.15, -0.1) is 0 Å². The number of thioether (sulfide) groups is 1. The quantitative estimate of drug-likeness (QED) is 0.897. The van der Waals surface area contributed by atoms with Crippen LogP contribution >= 0.6 is 11.8 Å². The summed E-state index contributed by atoms with van der Waals surface area (Å²) >= 11 is 1.85. The minimum atomic E-state index is -0.500. The molecule has 1 unspecified atom stereocenters. The molecule has 1 aromatic rings. The third-order valence-electron chi connectivity index (χ3n) is 3.96. The normalized spacial score (nSPS) is 30.2. The van der Waals surface area contributed by atoms with Gasteiger partial charge >= 0.3 is 0 Å². The molecule has 0 radical (unpaired) electrons. The van der Waals surface area contributed by atoms with Crippen LogP contribution in [0.1, 0.15) is 43.8 Å². The van der Waals surface area contributed by atoms with E-state index in [1.54, 1.807) is 0 Å². The number of hydrogen-bond donors (Lipinski definition) is 1. The predicted molar refractivity (Wildman–Crippen MR) is 70.3 cm³/mol. The lowest BCUT2D eigenvalue weighted by Gasteiger charge is -2.19. The van der Waals surface area contributed by atoms with Crippen molar-refractivity contribution in [1.82, 2.24) is 9.78 Å². The van der Waals surface area contributed by atoms with Crippen molar-refractivity contribution in [3.05, 3.63) is 18.0 Å². The molecule has 2 aliphatic rings. The van der Waals surface area contributed by atoms with Crippen LogP contribution in [0.4, 0.5) is 0 Å². The van der Waals surface area contributed by atoms with Gasteiger partial charge in [-0.05, 0) is 31.1 Å². The first-order valence-corrected chi connectivity index (χ1v) is 7.75. The Bertz CT molecular complexity index is 379. The van der Waals surface area contributed by atoms with Crippen molar-refractivity contribution in [2.75, 3.05) is 11.5 Å². The maximum atomic E-state index is 10.3. The lowest BCUT2D eigenvalue weighted by molar-refractivity contribution is 0.0674. The van der Waals surface area contributed by atoms with Crippen LogP contribution in [0, 0.1) is 0 Å². The van der Waals surface area contributed by atoms with Crippen LogP contribution in [-0.2, 0) is 6.42 Å². The van der Waals surface area contributed by atoms with Gasteiger partial charge in [-0.25, -0.2) is 0 Å². The summed E-state index contributed by atoms with van der Waals surface area (Å²) in [5.74, 6) is 1.95. The van der Waals surface area contributed by atoms with Gasteiger partial charge in [-0.1, -0.05) is 12.8 Å². The molecule has 1 saturated carbocycles. The van der Waals surface area contributed by atoms with Crippen LogP contribution in [0.15, 0.2) is 12.3 Å². The molecule has 1 aliphatic carbocycles. The molecule has 3 nitrogen and oxygen atoms in total. The number of aromatic nitrogens is 2. The lowest BCUT2D eigenvalue weighted by Crippen LogP contribution is -2.31. The maximum absolute atomic E-state index is 10.3. The highest BCUT2D eigenvalue weighted by molar-refractivity contribution is 7.99. The topological polar surface area (TPSA) is 38.0 Å². The summed E-state index contributed by atoms with van der Waals surface area (Å²) in [5.41, 5.74) is 0.557. The second kappa shape index (κ2) is 4.65. The molecule has 0 bridgehead atoms. The Hall–Kier alpha value is -0.480. The van der Waals surface area contributed by atoms with Gasteiger partial charge in [0, 0.05) is 18.4 Å². The summed E-state index contributed by atoms with van der Waals surface area (Å²) < 4.78 is 2.12. The van der Waals surface area contributed by atoms with E-state index in [0.717, 1.165) is 30.0 Å². The van der Waals surface area contributed by atoms with Gasteiger partial charge in [0.05, 0.1) is 17.3 Å². The first-order chi connectivity index (χ1) is 8.25. The molecule has 17 heavy (non-hydrogen) atoms. The fourth-order valence-corrected chi connectivity index (χ4v) is 4.21. The minimum absolute atomic E-state index is 0.500. The molecule has 1 N–H and O–H groups in total. The third kappa shape index (κ3) is 2.52. The Morgan fingerprint density at radius 2 is 2.29 bits per heavy atom. The Morgan fingerprint density at radius 3 is 3.00 bits per heavy atom. The molecule has 1 aromatic heterocycles. The number of rotatable bonds is 3. The number of nitrogens with zero attached hydrogens (tertiary/aromatic N) is 2. The third-order valence-corrected chi connectivity index (χ3v) is 5.19. The summed E-state index contributed by atoms with van der Waals surface area (Å²) in [7, 11) is 0. The summed E-state index contributed by atoms with van der Waals surface area (Å²) in [6, 6.07) is 2.69. The molecule has 2 fully saturated rings. The molecule has 0 aromatic carbocycles. The van der Waals surface area contributed by atoms with Crippen LogP contribution in [0.2, 0.25) is 0 Å². The molecule has 0 amide bonds. The van der Waals surface area contributed by atoms with E-state index < -0.39 is 5.60 Å². The largest absolute Gasteiger partial charge is 0.389 e. The van der Waals surface area contributed by atoms with Gasteiger partial charge in [-0.2, -0.15) is 16.9 Å². The first kappa shape index (κ1) is 11.6. The van der Waals surface area contributed by atoms with E-state index in [1.807, 2.05) is 11.8 Å². The van der Waals surface area contributed by atoms with Gasteiger partial charge in [-0.3, -0.25) is 4.68 Å². The van der Waals surface area contributed by atoms with Crippen LogP contribution in [0.5, 0.6) is 0 Å². The van der Waals surface area contributed by atoms with Crippen LogP contribution in [0.3, 0.4) is 0 Å². The van der Waals surface area contributed by atoms with Gasteiger partial charge in [0.2, 0.25) is 0 Å². The fourth-order valence-electron chi connectivity index (χ4n) is 2.92. The number of aliphatic hydroxyl groups is 1. The highest BCUT2D eigenvalue weighted by Gasteiger charge is 2.32. The fraction of sp³-hybridized carbons (Fsp3) is 0.769. The summed E-state index contributed by atoms with van der Waals surface area (Å²) in [5, 5.41) is 15.0. The summed E-state index contributed by atoms with van der Waals surface area (Å²) in [6.45, 7) is 0. The van der Waals surface area contributed by atoms with Gasteiger partial charge in [0.15, 0.2) is 0 Å². The average Bonchev–Trinajstić information content (AvgIpc) is 2.98. The van der Waals surface area contributed by atoms with Gasteiger partial charge < -0.3 is 5.11 Å². The van der Waals surface area contributed by atoms with Crippen molar-refractivity contribution in [3.8, 4) is 0 Å². The smallest absolute Gasteiger partial charge is 0.0801 e. The van der Waals surface area contributed by atoms with E-state index >= 15 is 0 Å². The molecule has 4 heteroatoms. The zero-order valence-electron chi connectivity index (χ0n) is 10.1. The van der Waals surface area contributed by atoms with Crippen molar-refractivity contribution < 1.29 is 5.11 Å². The molecular formula is C13H20N2OS. The molecule has 1 saturated heterocycles. The Morgan fingerprint density at radius 1 is 1.47 bits per heavy atom. The van der Waals surface area contributed by atoms with E-state index in [9.17, 15) is 5.11 Å². The predicted octanol–water partition coefficient (Wildman–Crippen LogP) is 2.41. The summed E-state index contributed by atoms with van der Waals surface area (Å²) in [4.78, 5) is 0. The average molecular weight is 252 g/mol. The van der Waals surface area contributed by atoms with E-state index in [1.165, 1.54) is 25.7 Å². The van der Waals surface area contributed by atoms with Crippen molar-refractivity contribution >= 4 is 11.8 Å². The highest BCUT2D eigenvalue weighted by Crippen LogP contribution is 2.32. The SMILES string of the molecule is OC1(Cc2ccn(C3CCCC3)n2)CCSC1. The van der Waals surface area contributed by atoms with Crippen LogP contribution in [0.25, 0.3) is 0 Å². The molecular weight excluding hydrogens is 232 g/mol. The Kier molecular flexibility index (Phi) is 3.17. The molecule has 1 aliphatic heterocycles. The van der Waals surface area contributed by atoms with Gasteiger partial charge in [0.1, 0.15) is 0 Å². The van der Waals surface area contributed by atoms with Gasteiger partial charge in [0.25, 0.3) is 0 Å². The molecule has 0 spiro atoms. The van der Waals surface area contributed by atoms with Crippen LogP contribution in [-0.4, -0.2) is 32.0 Å². The second-order valence-corrected chi connectivity index (χ2v) is 6.53. The second-order valence-electron chi connectivity index (χ2n) is 5.43. The van der Waals surface area contributed by atoms with E-state index in [2.05, 4.69) is 22.0 Å². The molecule has 94 valence electrons. The van der Waals surface area contributed by atoms with Crippen molar-refractivity contribution in [3.63, 3.8) is 0 Å². The lowest BCUT2D eigenvalue weighted by atomic mass is 9.97. The van der Waals surface area contributed by atoms with E-state index in [4.69, 9.17) is 0 Å². The summed E-state index contributed by atoms with van der Waals surface area (Å²) in [6.07, 6.45) is 8.92. The van der Waals surface area contributed by atoms with Crippen molar-refractivity contribution in [2.24, 2.45) is 0 Å². The molecule has 2 heterocycles. The maximum Gasteiger partial charge on any atom is 0.0801 e. The first-order valence-electron chi connectivity index (χ1n) is 6.59. The zero-order chi connectivity index (χ0) is 11.7. The van der Waals surface area contributed by atoms with E-state index in [-0.39, 0.29) is 0 Å². The monoisotopic (exact) mass is 252 g/mol. The Labute approximate surface area is 107 Å². The molecule has 1 atom stereocenters. The minimum Gasteiger partial charge on any atom is -0.389 e. The molecule has 3 rings (SSSR count). The number of hydrogen-bond acceptors (Lipinski definition) is 3. The Balaban J connectivity index is 1.67. The highest BCUT2D eigenvalue weighted by atomic mass is 32.2. The standard InChI is InChI=1S/C13H20N2OS/c16-13(6-8-17-10-13)9-11-5-7-15(14-11)12-3-1-2-4-12/h5,7,12,16H,1-4,6,8-10H2. The van der Waals surface area contributed by atoms with Crippen LogP contribution < -0.4 is 0 Å². The van der Waals surface area contributed by atoms with Crippen molar-refractivity contribution in [2.45, 2.75) is 50.2 Å². The van der Waals surface area contributed by atoms with E-state index in [0.29, 0.717) is 6.04 Å².